The van der Waals surface area contributed by atoms with Crippen molar-refractivity contribution in [3.63, 3.8) is 0 Å². The second-order valence-corrected chi connectivity index (χ2v) is 10.9. The van der Waals surface area contributed by atoms with Crippen LogP contribution in [0.5, 0.6) is 0 Å². The molecule has 1 N–H and O–H groups in total. The van der Waals surface area contributed by atoms with Crippen LogP contribution in [-0.2, 0) is 25.6 Å². The fourth-order valence-corrected chi connectivity index (χ4v) is 5.33. The molecule has 1 aromatic heterocycles. The highest BCUT2D eigenvalue weighted by Crippen LogP contribution is 2.29. The number of ether oxygens (including phenoxy) is 1. The van der Waals surface area contributed by atoms with Gasteiger partial charge in [0.25, 0.3) is 10.1 Å². The number of benzene rings is 3. The molecule has 0 amide bonds. The zero-order chi connectivity index (χ0) is 28.7. The van der Waals surface area contributed by atoms with Crippen molar-refractivity contribution in [2.75, 3.05) is 48.5 Å². The Labute approximate surface area is 240 Å². The molecular formula is C30H32N6O4S. The number of nitrogens with zero attached hydrogens (tertiary/aromatic N) is 5. The van der Waals surface area contributed by atoms with Crippen LogP contribution < -0.4 is 15.1 Å². The van der Waals surface area contributed by atoms with Crippen LogP contribution in [0.25, 0.3) is 6.08 Å². The van der Waals surface area contributed by atoms with E-state index in [-0.39, 0.29) is 10.8 Å². The molecule has 0 aliphatic carbocycles. The number of anilines is 5. The highest BCUT2D eigenvalue weighted by atomic mass is 32.2. The molecule has 0 bridgehead atoms. The van der Waals surface area contributed by atoms with Gasteiger partial charge in [-0.2, -0.15) is 23.4 Å². The Kier molecular flexibility index (Phi) is 8.88. The number of hydrogen-bond donors (Lipinski definition) is 1. The Bertz CT molecular complexity index is 1590. The van der Waals surface area contributed by atoms with Gasteiger partial charge >= 0.3 is 0 Å². The van der Waals surface area contributed by atoms with E-state index in [4.69, 9.17) is 23.9 Å². The van der Waals surface area contributed by atoms with Gasteiger partial charge in [0, 0.05) is 24.5 Å². The van der Waals surface area contributed by atoms with Crippen molar-refractivity contribution in [3.05, 3.63) is 96.1 Å². The molecule has 11 heteroatoms. The summed E-state index contributed by atoms with van der Waals surface area (Å²) in [5.41, 5.74) is 3.02. The lowest BCUT2D eigenvalue weighted by Crippen LogP contribution is -2.37. The lowest BCUT2D eigenvalue weighted by Gasteiger charge is -2.29. The third kappa shape index (κ3) is 6.88. The van der Waals surface area contributed by atoms with Crippen LogP contribution in [0, 0.1) is 0 Å². The molecule has 0 saturated carbocycles. The summed E-state index contributed by atoms with van der Waals surface area (Å²) in [6.07, 6.45) is 3.49. The van der Waals surface area contributed by atoms with Gasteiger partial charge in [-0.05, 0) is 42.3 Å². The van der Waals surface area contributed by atoms with E-state index in [9.17, 15) is 8.42 Å². The maximum atomic E-state index is 12.7. The molecule has 1 saturated heterocycles. The Hall–Kier alpha value is -4.32. The number of aromatic nitrogens is 3. The third-order valence-corrected chi connectivity index (χ3v) is 7.83. The zero-order valence-corrected chi connectivity index (χ0v) is 23.8. The molecule has 0 atom stereocenters. The lowest BCUT2D eigenvalue weighted by atomic mass is 10.2. The summed E-state index contributed by atoms with van der Waals surface area (Å²) in [7, 11) is -2.81. The van der Waals surface area contributed by atoms with Crippen molar-refractivity contribution >= 4 is 45.4 Å². The Morgan fingerprint density at radius 1 is 0.976 bits per heavy atom. The quantitative estimate of drug-likeness (QED) is 0.256. The average molecular weight is 573 g/mol. The van der Waals surface area contributed by atoms with E-state index in [1.165, 1.54) is 6.07 Å². The van der Waals surface area contributed by atoms with Crippen molar-refractivity contribution < 1.29 is 17.3 Å². The monoisotopic (exact) mass is 572 g/mol. The van der Waals surface area contributed by atoms with Gasteiger partial charge in [0.2, 0.25) is 17.8 Å². The second-order valence-electron chi connectivity index (χ2n) is 9.26. The minimum atomic E-state index is -3.96. The van der Waals surface area contributed by atoms with Crippen LogP contribution >= 0.6 is 0 Å². The van der Waals surface area contributed by atoms with Gasteiger partial charge in [-0.25, -0.2) is 0 Å². The van der Waals surface area contributed by atoms with Crippen LogP contribution in [-0.4, -0.2) is 56.8 Å². The predicted octanol–water partition coefficient (Wildman–Crippen LogP) is 5.16. The largest absolute Gasteiger partial charge is 0.378 e. The maximum absolute atomic E-state index is 12.7. The van der Waals surface area contributed by atoms with Crippen LogP contribution in [0.3, 0.4) is 0 Å². The average Bonchev–Trinajstić information content (AvgIpc) is 3.02. The molecule has 1 fully saturated rings. The fraction of sp³-hybridized carbons (Fsp3) is 0.233. The van der Waals surface area contributed by atoms with Crippen LogP contribution in [0.2, 0.25) is 0 Å². The lowest BCUT2D eigenvalue weighted by molar-refractivity contribution is 0.122. The number of rotatable bonds is 10. The highest BCUT2D eigenvalue weighted by Gasteiger charge is 2.22. The molecule has 0 unspecified atom stereocenters. The summed E-state index contributed by atoms with van der Waals surface area (Å²) in [5.74, 6) is 1.24. The summed E-state index contributed by atoms with van der Waals surface area (Å²) in [6, 6.07) is 25.0. The summed E-state index contributed by atoms with van der Waals surface area (Å²) < 4.78 is 35.7. The van der Waals surface area contributed by atoms with Gasteiger partial charge in [-0.15, -0.1) is 0 Å². The van der Waals surface area contributed by atoms with E-state index >= 15 is 0 Å². The number of morpholine rings is 1. The summed E-state index contributed by atoms with van der Waals surface area (Å²) in [4.78, 5) is 18.5. The third-order valence-electron chi connectivity index (χ3n) is 6.50. The van der Waals surface area contributed by atoms with Crippen LogP contribution in [0.4, 0.5) is 29.2 Å². The minimum Gasteiger partial charge on any atom is -0.378 e. The fourth-order valence-electron chi connectivity index (χ4n) is 4.45. The molecule has 5 rings (SSSR count). The second kappa shape index (κ2) is 12.9. The van der Waals surface area contributed by atoms with E-state index in [1.807, 2.05) is 60.4 Å². The molecule has 1 aliphatic heterocycles. The van der Waals surface area contributed by atoms with Gasteiger partial charge in [0.05, 0.1) is 26.9 Å². The molecule has 0 spiro atoms. The first-order valence-electron chi connectivity index (χ1n) is 13.3. The van der Waals surface area contributed by atoms with E-state index in [2.05, 4.69) is 22.3 Å². The van der Waals surface area contributed by atoms with E-state index in [0.29, 0.717) is 56.0 Å². The van der Waals surface area contributed by atoms with Crippen molar-refractivity contribution in [1.29, 1.82) is 0 Å². The first-order chi connectivity index (χ1) is 20.0. The Morgan fingerprint density at radius 3 is 2.37 bits per heavy atom. The number of nitrogens with one attached hydrogen (secondary N) is 1. The molecule has 212 valence electrons. The van der Waals surface area contributed by atoms with Crippen molar-refractivity contribution in [2.45, 2.75) is 18.4 Å². The molecule has 1 aliphatic rings. The molecule has 10 nitrogen and oxygen atoms in total. The minimum absolute atomic E-state index is 0.0424. The first-order valence-corrected chi connectivity index (χ1v) is 14.7. The van der Waals surface area contributed by atoms with Crippen LogP contribution in [0.15, 0.2) is 89.8 Å². The standard InChI is InChI=1S/C30H32N6O4S/c1-3-10-24-15-16-25(21-27(24)41(37,38)39-2)31-28-32-29(35-17-19-40-20-18-35)34-30(33-28)36(26-13-8-5-9-14-26)22-23-11-6-4-7-12-23/h3-16,21H,17-20,22H2,1-2H3,(H,31,32,33,34). The highest BCUT2D eigenvalue weighted by molar-refractivity contribution is 7.86. The number of hydrogen-bond acceptors (Lipinski definition) is 10. The molecule has 2 heterocycles. The molecule has 4 aromatic rings. The van der Waals surface area contributed by atoms with Crippen molar-refractivity contribution in [1.82, 2.24) is 15.0 Å². The molecule has 3 aromatic carbocycles. The van der Waals surface area contributed by atoms with Gasteiger partial charge in [0.15, 0.2) is 0 Å². The summed E-state index contributed by atoms with van der Waals surface area (Å²) in [5, 5.41) is 3.21. The smallest absolute Gasteiger partial charge is 0.297 e. The molecular weight excluding hydrogens is 540 g/mol. The number of allylic oxidation sites excluding steroid dienone is 1. The van der Waals surface area contributed by atoms with Gasteiger partial charge < -0.3 is 19.9 Å². The van der Waals surface area contributed by atoms with E-state index < -0.39 is 10.1 Å². The maximum Gasteiger partial charge on any atom is 0.297 e. The van der Waals surface area contributed by atoms with E-state index in [1.54, 1.807) is 24.3 Å². The predicted molar refractivity (Wildman–Crippen MR) is 160 cm³/mol. The Balaban J connectivity index is 1.59. The van der Waals surface area contributed by atoms with Crippen molar-refractivity contribution in [2.24, 2.45) is 0 Å². The van der Waals surface area contributed by atoms with Gasteiger partial charge in [-0.3, -0.25) is 4.18 Å². The van der Waals surface area contributed by atoms with Gasteiger partial charge in [-0.1, -0.05) is 66.7 Å². The first kappa shape index (κ1) is 28.2. The Morgan fingerprint density at radius 2 is 1.68 bits per heavy atom. The van der Waals surface area contributed by atoms with Crippen LogP contribution in [0.1, 0.15) is 18.1 Å². The number of para-hydroxylation sites is 1. The van der Waals surface area contributed by atoms with Crippen molar-refractivity contribution in [3.8, 4) is 0 Å². The summed E-state index contributed by atoms with van der Waals surface area (Å²) in [6.45, 7) is 4.78. The van der Waals surface area contributed by atoms with Gasteiger partial charge in [0.1, 0.15) is 4.90 Å². The summed E-state index contributed by atoms with van der Waals surface area (Å²) >= 11 is 0. The van der Waals surface area contributed by atoms with E-state index in [0.717, 1.165) is 18.4 Å². The SMILES string of the molecule is CC=Cc1ccc(Nc2nc(N3CCOCC3)nc(N(Cc3ccccc3)c3ccccc3)n2)cc1S(=O)(=O)OC. The topological polar surface area (TPSA) is 110 Å². The normalized spacial score (nSPS) is 13.9. The molecule has 0 radical (unpaired) electrons. The zero-order valence-electron chi connectivity index (χ0n) is 23.0. The molecule has 41 heavy (non-hydrogen) atoms.